The Hall–Kier alpha value is -0.570. The van der Waals surface area contributed by atoms with E-state index in [0.717, 1.165) is 38.5 Å². The van der Waals surface area contributed by atoms with Gasteiger partial charge in [0.25, 0.3) is 0 Å². The molecule has 2 aliphatic carbocycles. The van der Waals surface area contributed by atoms with Gasteiger partial charge in [0, 0.05) is 5.54 Å². The van der Waals surface area contributed by atoms with Crippen molar-refractivity contribution in [3.63, 3.8) is 0 Å². The summed E-state index contributed by atoms with van der Waals surface area (Å²) in [6, 6.07) is 0. The van der Waals surface area contributed by atoms with Crippen LogP contribution in [0.2, 0.25) is 0 Å². The largest absolute Gasteiger partial charge is 0.369 e. The van der Waals surface area contributed by atoms with Crippen LogP contribution in [0, 0.1) is 5.41 Å². The first-order valence-corrected chi connectivity index (χ1v) is 4.70. The highest BCUT2D eigenvalue weighted by Crippen LogP contribution is 2.55. The first kappa shape index (κ1) is 8.05. The summed E-state index contributed by atoms with van der Waals surface area (Å²) in [5.74, 6) is -0.170. The third kappa shape index (κ3) is 0.724. The van der Waals surface area contributed by atoms with Crippen molar-refractivity contribution in [1.82, 2.24) is 0 Å². The van der Waals surface area contributed by atoms with Crippen LogP contribution in [-0.2, 0) is 4.79 Å². The quantitative estimate of drug-likeness (QED) is 0.631. The first-order chi connectivity index (χ1) is 5.61. The predicted octanol–water partition coefficient (Wildman–Crippen LogP) is 0.523. The average Bonchev–Trinajstić information content (AvgIpc) is 1.80. The topological polar surface area (TPSA) is 69.1 Å². The molecule has 0 aromatic carbocycles. The molecule has 2 rings (SSSR count). The summed E-state index contributed by atoms with van der Waals surface area (Å²) in [5.41, 5.74) is 11.0. The van der Waals surface area contributed by atoms with E-state index in [4.69, 9.17) is 11.5 Å². The van der Waals surface area contributed by atoms with Crippen LogP contribution in [-0.4, -0.2) is 11.4 Å². The second-order valence-electron chi connectivity index (χ2n) is 4.31. The number of carbonyl (C=O) groups excluding carboxylic acids is 1. The van der Waals surface area contributed by atoms with Crippen molar-refractivity contribution in [2.75, 3.05) is 0 Å². The molecule has 0 aromatic heterocycles. The van der Waals surface area contributed by atoms with Crippen LogP contribution in [0.4, 0.5) is 0 Å². The summed E-state index contributed by atoms with van der Waals surface area (Å²) in [6.45, 7) is 0. The first-order valence-electron chi connectivity index (χ1n) is 4.70. The third-order valence-corrected chi connectivity index (χ3v) is 3.88. The van der Waals surface area contributed by atoms with Crippen molar-refractivity contribution in [2.24, 2.45) is 16.9 Å². The lowest BCUT2D eigenvalue weighted by molar-refractivity contribution is -0.143. The maximum Gasteiger partial charge on any atom is 0.225 e. The Balaban J connectivity index is 2.21. The van der Waals surface area contributed by atoms with Gasteiger partial charge in [-0.1, -0.05) is 6.42 Å². The zero-order chi connectivity index (χ0) is 8.82. The van der Waals surface area contributed by atoms with E-state index < -0.39 is 0 Å². The fourth-order valence-corrected chi connectivity index (χ4v) is 2.56. The standard InChI is InChI=1S/C9H16N2O/c10-7(12)8(3-1-4-8)9(11)5-2-6-9/h1-6,11H2,(H2,10,12). The number of primary amides is 1. The maximum absolute atomic E-state index is 11.3. The highest BCUT2D eigenvalue weighted by Gasteiger charge is 2.58. The normalized spacial score (nSPS) is 30.1. The van der Waals surface area contributed by atoms with Gasteiger partial charge < -0.3 is 11.5 Å². The molecular weight excluding hydrogens is 152 g/mol. The van der Waals surface area contributed by atoms with Crippen LogP contribution in [0.15, 0.2) is 0 Å². The molecule has 0 unspecified atom stereocenters. The van der Waals surface area contributed by atoms with Crippen molar-refractivity contribution in [3.8, 4) is 0 Å². The molecule has 2 fully saturated rings. The molecule has 0 aliphatic heterocycles. The van der Waals surface area contributed by atoms with E-state index in [1.54, 1.807) is 0 Å². The van der Waals surface area contributed by atoms with E-state index >= 15 is 0 Å². The monoisotopic (exact) mass is 168 g/mol. The lowest BCUT2D eigenvalue weighted by Gasteiger charge is -2.56. The van der Waals surface area contributed by atoms with Gasteiger partial charge in [0.05, 0.1) is 5.41 Å². The van der Waals surface area contributed by atoms with Crippen molar-refractivity contribution in [3.05, 3.63) is 0 Å². The number of hydrogen-bond donors (Lipinski definition) is 2. The molecular formula is C9H16N2O. The molecule has 0 radical (unpaired) electrons. The number of amides is 1. The summed E-state index contributed by atoms with van der Waals surface area (Å²) in [6.07, 6.45) is 6.07. The summed E-state index contributed by atoms with van der Waals surface area (Å²) in [4.78, 5) is 11.3. The van der Waals surface area contributed by atoms with E-state index in [9.17, 15) is 4.79 Å². The molecule has 0 spiro atoms. The van der Waals surface area contributed by atoms with E-state index in [-0.39, 0.29) is 16.9 Å². The smallest absolute Gasteiger partial charge is 0.225 e. The Morgan fingerprint density at radius 1 is 1.08 bits per heavy atom. The second-order valence-corrected chi connectivity index (χ2v) is 4.31. The zero-order valence-electron chi connectivity index (χ0n) is 7.31. The van der Waals surface area contributed by atoms with Gasteiger partial charge in [0.15, 0.2) is 0 Å². The van der Waals surface area contributed by atoms with Crippen LogP contribution in [0.25, 0.3) is 0 Å². The van der Waals surface area contributed by atoms with Crippen LogP contribution >= 0.6 is 0 Å². The van der Waals surface area contributed by atoms with Gasteiger partial charge >= 0.3 is 0 Å². The zero-order valence-corrected chi connectivity index (χ0v) is 7.31. The molecule has 0 aromatic rings. The highest BCUT2D eigenvalue weighted by molar-refractivity contribution is 5.83. The molecule has 0 saturated heterocycles. The summed E-state index contributed by atoms with van der Waals surface area (Å²) in [5, 5.41) is 0. The van der Waals surface area contributed by atoms with Gasteiger partial charge in [-0.25, -0.2) is 0 Å². The molecule has 3 nitrogen and oxygen atoms in total. The average molecular weight is 168 g/mol. The Morgan fingerprint density at radius 2 is 1.58 bits per heavy atom. The van der Waals surface area contributed by atoms with E-state index in [1.165, 1.54) is 0 Å². The Morgan fingerprint density at radius 3 is 1.67 bits per heavy atom. The molecule has 2 saturated carbocycles. The van der Waals surface area contributed by atoms with Gasteiger partial charge in [0.1, 0.15) is 0 Å². The molecule has 0 bridgehead atoms. The molecule has 3 heteroatoms. The van der Waals surface area contributed by atoms with Crippen molar-refractivity contribution in [2.45, 2.75) is 44.1 Å². The van der Waals surface area contributed by atoms with E-state index in [0.29, 0.717) is 0 Å². The predicted molar refractivity (Wildman–Crippen MR) is 46.2 cm³/mol. The van der Waals surface area contributed by atoms with Crippen molar-refractivity contribution in [1.29, 1.82) is 0 Å². The van der Waals surface area contributed by atoms with Crippen LogP contribution in [0.5, 0.6) is 0 Å². The summed E-state index contributed by atoms with van der Waals surface area (Å²) in [7, 11) is 0. The lowest BCUT2D eigenvalue weighted by Crippen LogP contribution is -2.67. The van der Waals surface area contributed by atoms with Gasteiger partial charge in [-0.15, -0.1) is 0 Å². The van der Waals surface area contributed by atoms with E-state index in [2.05, 4.69) is 0 Å². The van der Waals surface area contributed by atoms with Crippen molar-refractivity contribution < 1.29 is 4.79 Å². The second kappa shape index (κ2) is 2.22. The third-order valence-electron chi connectivity index (χ3n) is 3.88. The number of nitrogens with two attached hydrogens (primary N) is 2. The molecule has 0 heterocycles. The van der Waals surface area contributed by atoms with Crippen LogP contribution in [0.1, 0.15) is 38.5 Å². The molecule has 1 amide bonds. The fourth-order valence-electron chi connectivity index (χ4n) is 2.56. The molecule has 12 heavy (non-hydrogen) atoms. The Bertz CT molecular complexity index is 217. The Kier molecular flexibility index (Phi) is 1.49. The Labute approximate surface area is 72.5 Å². The van der Waals surface area contributed by atoms with E-state index in [1.807, 2.05) is 0 Å². The molecule has 0 atom stereocenters. The molecule has 68 valence electrons. The highest BCUT2D eigenvalue weighted by atomic mass is 16.1. The van der Waals surface area contributed by atoms with Crippen LogP contribution < -0.4 is 11.5 Å². The molecule has 4 N–H and O–H groups in total. The minimum atomic E-state index is -0.328. The minimum Gasteiger partial charge on any atom is -0.369 e. The number of carbonyl (C=O) groups is 1. The number of rotatable bonds is 2. The summed E-state index contributed by atoms with van der Waals surface area (Å²) >= 11 is 0. The summed E-state index contributed by atoms with van der Waals surface area (Å²) < 4.78 is 0. The van der Waals surface area contributed by atoms with Gasteiger partial charge in [-0.2, -0.15) is 0 Å². The van der Waals surface area contributed by atoms with Gasteiger partial charge in [0.2, 0.25) is 5.91 Å². The number of hydrogen-bond acceptors (Lipinski definition) is 2. The van der Waals surface area contributed by atoms with Gasteiger partial charge in [-0.05, 0) is 32.1 Å². The fraction of sp³-hybridized carbons (Fsp3) is 0.889. The maximum atomic E-state index is 11.3. The van der Waals surface area contributed by atoms with Crippen molar-refractivity contribution >= 4 is 5.91 Å². The molecule has 2 aliphatic rings. The van der Waals surface area contributed by atoms with Crippen LogP contribution in [0.3, 0.4) is 0 Å². The minimum absolute atomic E-state index is 0.170. The SMILES string of the molecule is NC(=O)C1(C2(N)CCC2)CCC1. The van der Waals surface area contributed by atoms with Gasteiger partial charge in [-0.3, -0.25) is 4.79 Å². The lowest BCUT2D eigenvalue weighted by atomic mass is 9.50.